The second-order valence-corrected chi connectivity index (χ2v) is 8.32. The maximum atomic E-state index is 12.7. The van der Waals surface area contributed by atoms with Crippen LogP contribution in [0.25, 0.3) is 0 Å². The number of hydrogen-bond donors (Lipinski definition) is 3. The van der Waals surface area contributed by atoms with Crippen molar-refractivity contribution in [3.63, 3.8) is 0 Å². The Kier molecular flexibility index (Phi) is 10.00. The molecule has 1 saturated heterocycles. The molecular weight excluding hydrogens is 398 g/mol. The summed E-state index contributed by atoms with van der Waals surface area (Å²) in [4.78, 5) is 48.1. The zero-order chi connectivity index (χ0) is 22.6. The van der Waals surface area contributed by atoms with Gasteiger partial charge in [-0.3, -0.25) is 9.59 Å². The minimum atomic E-state index is -0.818. The molecule has 3 atom stereocenters. The molecule has 1 aliphatic rings. The normalized spacial score (nSPS) is 17.5. The van der Waals surface area contributed by atoms with Gasteiger partial charge in [-0.1, -0.05) is 44.2 Å². The number of aldehydes is 1. The number of aryl methyl sites for hydroxylation is 1. The van der Waals surface area contributed by atoms with Crippen LogP contribution in [0.3, 0.4) is 0 Å². The standard InChI is InChI=1S/C23H33N3O5/c1-16(2)13-20(22(29)25-19(15-27)14-18-10-11-24-21(18)28)26-23(30)31-12-6-9-17-7-4-3-5-8-17/h3-5,7-8,15-16,18-20H,6,9-14H2,1-2H3,(H,24,28)(H,25,29)(H,26,30)/t18-,19-,20-/m0/s1. The van der Waals surface area contributed by atoms with E-state index in [4.69, 9.17) is 4.74 Å². The van der Waals surface area contributed by atoms with Gasteiger partial charge in [0, 0.05) is 12.5 Å². The summed E-state index contributed by atoms with van der Waals surface area (Å²) in [5.41, 5.74) is 1.17. The first-order chi connectivity index (χ1) is 14.9. The maximum absolute atomic E-state index is 12.7. The first-order valence-electron chi connectivity index (χ1n) is 10.9. The Morgan fingerprint density at radius 1 is 1.23 bits per heavy atom. The zero-order valence-corrected chi connectivity index (χ0v) is 18.3. The topological polar surface area (TPSA) is 114 Å². The van der Waals surface area contributed by atoms with Gasteiger partial charge >= 0.3 is 6.09 Å². The number of nitrogens with one attached hydrogen (secondary N) is 3. The van der Waals surface area contributed by atoms with E-state index in [0.29, 0.717) is 32.1 Å². The van der Waals surface area contributed by atoms with Crippen molar-refractivity contribution >= 4 is 24.2 Å². The fourth-order valence-corrected chi connectivity index (χ4v) is 3.58. The fraction of sp³-hybridized carbons (Fsp3) is 0.565. The Morgan fingerprint density at radius 2 is 1.97 bits per heavy atom. The van der Waals surface area contributed by atoms with E-state index < -0.39 is 24.1 Å². The molecule has 1 aromatic carbocycles. The first-order valence-corrected chi connectivity index (χ1v) is 10.9. The molecule has 1 heterocycles. The summed E-state index contributed by atoms with van der Waals surface area (Å²) in [5, 5.41) is 7.99. The van der Waals surface area contributed by atoms with Crippen LogP contribution < -0.4 is 16.0 Å². The molecular formula is C23H33N3O5. The molecule has 1 aromatic rings. The molecule has 3 amide bonds. The van der Waals surface area contributed by atoms with E-state index >= 15 is 0 Å². The summed E-state index contributed by atoms with van der Waals surface area (Å²) in [6, 6.07) is 8.31. The number of ether oxygens (including phenoxy) is 1. The van der Waals surface area contributed by atoms with Gasteiger partial charge in [0.25, 0.3) is 0 Å². The van der Waals surface area contributed by atoms with Crippen LogP contribution in [0.5, 0.6) is 0 Å². The van der Waals surface area contributed by atoms with Crippen LogP contribution in [-0.4, -0.2) is 49.4 Å². The summed E-state index contributed by atoms with van der Waals surface area (Å²) in [6.07, 6.45) is 2.74. The van der Waals surface area contributed by atoms with Crippen LogP contribution in [0, 0.1) is 11.8 Å². The van der Waals surface area contributed by atoms with Gasteiger partial charge in [-0.2, -0.15) is 0 Å². The Hall–Kier alpha value is -2.90. The smallest absolute Gasteiger partial charge is 0.407 e. The highest BCUT2D eigenvalue weighted by Gasteiger charge is 2.30. The lowest BCUT2D eigenvalue weighted by atomic mass is 9.98. The first kappa shape index (κ1) is 24.4. The highest BCUT2D eigenvalue weighted by molar-refractivity contribution is 5.88. The SMILES string of the molecule is CC(C)C[C@H](NC(=O)OCCCc1ccccc1)C(=O)N[C@H](C=O)C[C@@H]1CCNC1=O. The quantitative estimate of drug-likeness (QED) is 0.346. The van der Waals surface area contributed by atoms with Gasteiger partial charge in [0.15, 0.2) is 0 Å². The van der Waals surface area contributed by atoms with E-state index in [1.807, 2.05) is 44.2 Å². The number of hydrogen-bond acceptors (Lipinski definition) is 5. The molecule has 0 radical (unpaired) electrons. The second-order valence-electron chi connectivity index (χ2n) is 8.32. The summed E-state index contributed by atoms with van der Waals surface area (Å²) in [7, 11) is 0. The monoisotopic (exact) mass is 431 g/mol. The summed E-state index contributed by atoms with van der Waals surface area (Å²) >= 11 is 0. The highest BCUT2D eigenvalue weighted by Crippen LogP contribution is 2.16. The Bertz CT molecular complexity index is 738. The van der Waals surface area contributed by atoms with Crippen LogP contribution in [0.1, 0.15) is 45.1 Å². The third-order valence-electron chi connectivity index (χ3n) is 5.19. The minimum Gasteiger partial charge on any atom is -0.450 e. The predicted molar refractivity (Wildman–Crippen MR) is 116 cm³/mol. The molecule has 3 N–H and O–H groups in total. The molecule has 0 aliphatic carbocycles. The van der Waals surface area contributed by atoms with Crippen molar-refractivity contribution in [1.82, 2.24) is 16.0 Å². The Balaban J connectivity index is 1.81. The van der Waals surface area contributed by atoms with E-state index in [9.17, 15) is 19.2 Å². The van der Waals surface area contributed by atoms with Gasteiger partial charge in [0.05, 0.1) is 12.6 Å². The van der Waals surface area contributed by atoms with Crippen LogP contribution >= 0.6 is 0 Å². The van der Waals surface area contributed by atoms with Crippen LogP contribution in [-0.2, 0) is 25.5 Å². The lowest BCUT2D eigenvalue weighted by Gasteiger charge is -2.23. The average molecular weight is 432 g/mol. The molecule has 8 nitrogen and oxygen atoms in total. The van der Waals surface area contributed by atoms with Crippen LogP contribution in [0.2, 0.25) is 0 Å². The number of carbonyl (C=O) groups excluding carboxylic acids is 4. The highest BCUT2D eigenvalue weighted by atomic mass is 16.5. The molecule has 1 aliphatic heterocycles. The molecule has 0 bridgehead atoms. The Labute approximate surface area is 183 Å². The summed E-state index contributed by atoms with van der Waals surface area (Å²) in [6.45, 7) is 4.70. The number of benzene rings is 1. The summed E-state index contributed by atoms with van der Waals surface area (Å²) < 4.78 is 5.23. The molecule has 170 valence electrons. The van der Waals surface area contributed by atoms with Gasteiger partial charge in [0.1, 0.15) is 12.3 Å². The molecule has 2 rings (SSSR count). The molecule has 0 unspecified atom stereocenters. The third kappa shape index (κ3) is 8.78. The lowest BCUT2D eigenvalue weighted by molar-refractivity contribution is -0.127. The predicted octanol–water partition coefficient (Wildman–Crippen LogP) is 1.97. The molecule has 0 aromatic heterocycles. The van der Waals surface area contributed by atoms with Crippen molar-refractivity contribution in [3.05, 3.63) is 35.9 Å². The number of carbonyl (C=O) groups is 4. The van der Waals surface area contributed by atoms with Gasteiger partial charge in [0.2, 0.25) is 11.8 Å². The molecule has 0 spiro atoms. The molecule has 1 fully saturated rings. The van der Waals surface area contributed by atoms with Gasteiger partial charge < -0.3 is 25.5 Å². The van der Waals surface area contributed by atoms with Crippen LogP contribution in [0.15, 0.2) is 30.3 Å². The largest absolute Gasteiger partial charge is 0.450 e. The lowest BCUT2D eigenvalue weighted by Crippen LogP contribution is -2.51. The molecule has 31 heavy (non-hydrogen) atoms. The van der Waals surface area contributed by atoms with E-state index in [1.54, 1.807) is 0 Å². The van der Waals surface area contributed by atoms with E-state index in [-0.39, 0.29) is 30.8 Å². The molecule has 8 heteroatoms. The zero-order valence-electron chi connectivity index (χ0n) is 18.3. The van der Waals surface area contributed by atoms with Crippen molar-refractivity contribution in [2.24, 2.45) is 11.8 Å². The van der Waals surface area contributed by atoms with E-state index in [0.717, 1.165) is 6.42 Å². The van der Waals surface area contributed by atoms with Crippen molar-refractivity contribution in [2.45, 2.75) is 58.0 Å². The van der Waals surface area contributed by atoms with Gasteiger partial charge in [-0.05, 0) is 43.6 Å². The average Bonchev–Trinajstić information content (AvgIpc) is 3.15. The maximum Gasteiger partial charge on any atom is 0.407 e. The van der Waals surface area contributed by atoms with Crippen LogP contribution in [0.4, 0.5) is 4.79 Å². The van der Waals surface area contributed by atoms with Gasteiger partial charge in [-0.15, -0.1) is 0 Å². The molecule has 0 saturated carbocycles. The number of amides is 3. The van der Waals surface area contributed by atoms with E-state index in [2.05, 4.69) is 16.0 Å². The van der Waals surface area contributed by atoms with Crippen molar-refractivity contribution in [1.29, 1.82) is 0 Å². The second kappa shape index (κ2) is 12.7. The van der Waals surface area contributed by atoms with Crippen molar-refractivity contribution in [3.8, 4) is 0 Å². The summed E-state index contributed by atoms with van der Waals surface area (Å²) in [5.74, 6) is -0.700. The van der Waals surface area contributed by atoms with Crippen molar-refractivity contribution < 1.29 is 23.9 Å². The number of alkyl carbamates (subject to hydrolysis) is 1. The minimum absolute atomic E-state index is 0.1000. The Morgan fingerprint density at radius 3 is 2.58 bits per heavy atom. The fourth-order valence-electron chi connectivity index (χ4n) is 3.58. The van der Waals surface area contributed by atoms with E-state index in [1.165, 1.54) is 5.56 Å². The van der Waals surface area contributed by atoms with Crippen molar-refractivity contribution in [2.75, 3.05) is 13.2 Å². The number of rotatable bonds is 12. The third-order valence-corrected chi connectivity index (χ3v) is 5.19. The van der Waals surface area contributed by atoms with Gasteiger partial charge in [-0.25, -0.2) is 4.79 Å².